The lowest BCUT2D eigenvalue weighted by atomic mass is 10.1. The largest absolute Gasteiger partial charge is 0.352 e. The molecule has 1 amide bonds. The molecule has 0 bridgehead atoms. The Kier molecular flexibility index (Phi) is 6.13. The third-order valence-electron chi connectivity index (χ3n) is 2.15. The summed E-state index contributed by atoms with van der Waals surface area (Å²) in [5.74, 6) is -0.0425. The van der Waals surface area contributed by atoms with Crippen LogP contribution in [0.5, 0.6) is 0 Å². The Labute approximate surface area is 115 Å². The zero-order valence-corrected chi connectivity index (χ0v) is 12.1. The number of hydrogen-bond acceptors (Lipinski definition) is 1. The van der Waals surface area contributed by atoms with Gasteiger partial charge in [-0.05, 0) is 48.0 Å². The number of hydrogen-bond donors (Lipinski definition) is 1. The molecule has 0 atom stereocenters. The van der Waals surface area contributed by atoms with E-state index in [1.807, 2.05) is 19.1 Å². The van der Waals surface area contributed by atoms with E-state index in [0.717, 1.165) is 29.4 Å². The van der Waals surface area contributed by atoms with E-state index in [9.17, 15) is 4.79 Å². The van der Waals surface area contributed by atoms with Crippen molar-refractivity contribution in [2.75, 3.05) is 11.0 Å². The molecule has 0 heterocycles. The van der Waals surface area contributed by atoms with E-state index in [4.69, 9.17) is 11.6 Å². The van der Waals surface area contributed by atoms with E-state index in [-0.39, 0.29) is 5.91 Å². The third kappa shape index (κ3) is 4.70. The monoisotopic (exact) mass is 351 g/mol. The molecule has 16 heavy (non-hydrogen) atoms. The van der Waals surface area contributed by atoms with Gasteiger partial charge in [-0.1, -0.05) is 34.2 Å². The van der Waals surface area contributed by atoms with E-state index >= 15 is 0 Å². The smallest absolute Gasteiger partial charge is 0.251 e. The highest BCUT2D eigenvalue weighted by Crippen LogP contribution is 2.14. The fourth-order valence-electron chi connectivity index (χ4n) is 1.39. The normalized spacial score (nSPS) is 10.2. The summed E-state index contributed by atoms with van der Waals surface area (Å²) in [6.45, 7) is 2.66. The van der Waals surface area contributed by atoms with Crippen LogP contribution < -0.4 is 5.32 Å². The molecule has 1 rings (SSSR count). The summed E-state index contributed by atoms with van der Waals surface area (Å²) >= 11 is 8.23. The second kappa shape index (κ2) is 7.12. The summed E-state index contributed by atoms with van der Waals surface area (Å²) in [5.41, 5.74) is 1.64. The quantitative estimate of drug-likeness (QED) is 0.490. The molecule has 0 unspecified atom stereocenters. The zero-order chi connectivity index (χ0) is 12.0. The number of unbranched alkanes of at least 4 members (excludes halogenated alkanes) is 1. The van der Waals surface area contributed by atoms with Crippen LogP contribution in [0.3, 0.4) is 0 Å². The van der Waals surface area contributed by atoms with E-state index in [1.54, 1.807) is 6.07 Å². The molecule has 1 aromatic carbocycles. The van der Waals surface area contributed by atoms with Gasteiger partial charge in [-0.2, -0.15) is 0 Å². The fraction of sp³-hybridized carbons (Fsp3) is 0.417. The summed E-state index contributed by atoms with van der Waals surface area (Å²) in [7, 11) is 0. The van der Waals surface area contributed by atoms with Crippen LogP contribution in [-0.4, -0.2) is 16.9 Å². The molecule has 0 aromatic heterocycles. The maximum absolute atomic E-state index is 11.7. The fourth-order valence-corrected chi connectivity index (χ4v) is 2.22. The van der Waals surface area contributed by atoms with Gasteiger partial charge in [0, 0.05) is 17.1 Å². The highest BCUT2D eigenvalue weighted by molar-refractivity contribution is 14.1. The topological polar surface area (TPSA) is 29.1 Å². The highest BCUT2D eigenvalue weighted by Gasteiger charge is 2.06. The van der Waals surface area contributed by atoms with Crippen molar-refractivity contribution in [1.82, 2.24) is 5.32 Å². The predicted octanol–water partition coefficient (Wildman–Crippen LogP) is 3.59. The number of alkyl halides is 1. The zero-order valence-electron chi connectivity index (χ0n) is 9.22. The number of carbonyl (C=O) groups is 1. The predicted molar refractivity (Wildman–Crippen MR) is 76.6 cm³/mol. The second-order valence-electron chi connectivity index (χ2n) is 3.67. The van der Waals surface area contributed by atoms with Crippen LogP contribution in [0.15, 0.2) is 18.2 Å². The Bertz CT molecular complexity index is 348. The van der Waals surface area contributed by atoms with Crippen molar-refractivity contribution < 1.29 is 4.79 Å². The van der Waals surface area contributed by atoms with Crippen LogP contribution in [0.4, 0.5) is 0 Å². The Hall–Kier alpha value is -0.290. The molecule has 1 aromatic rings. The number of nitrogens with one attached hydrogen (secondary N) is 1. The molecule has 88 valence electrons. The number of halogens is 2. The van der Waals surface area contributed by atoms with Crippen molar-refractivity contribution >= 4 is 40.1 Å². The van der Waals surface area contributed by atoms with Gasteiger partial charge in [0.25, 0.3) is 5.91 Å². The van der Waals surface area contributed by atoms with Gasteiger partial charge in [0.2, 0.25) is 0 Å². The number of benzene rings is 1. The molecular formula is C12H15ClINO. The molecule has 0 aliphatic rings. The molecule has 1 N–H and O–H groups in total. The molecule has 0 fully saturated rings. The second-order valence-corrected chi connectivity index (χ2v) is 5.18. The van der Waals surface area contributed by atoms with Crippen molar-refractivity contribution in [3.63, 3.8) is 0 Å². The lowest BCUT2D eigenvalue weighted by molar-refractivity contribution is 0.0953. The molecule has 0 aliphatic heterocycles. The molecule has 0 saturated heterocycles. The van der Waals surface area contributed by atoms with E-state index in [2.05, 4.69) is 27.9 Å². The van der Waals surface area contributed by atoms with Crippen molar-refractivity contribution in [2.45, 2.75) is 19.8 Å². The summed E-state index contributed by atoms with van der Waals surface area (Å²) in [4.78, 5) is 11.7. The molecular weight excluding hydrogens is 336 g/mol. The number of amides is 1. The maximum Gasteiger partial charge on any atom is 0.251 e. The minimum atomic E-state index is -0.0425. The number of aryl methyl sites for hydroxylation is 1. The van der Waals surface area contributed by atoms with Gasteiger partial charge in [-0.15, -0.1) is 0 Å². The third-order valence-corrected chi connectivity index (χ3v) is 3.13. The molecule has 0 saturated carbocycles. The van der Waals surface area contributed by atoms with E-state index in [0.29, 0.717) is 10.6 Å². The molecule has 2 nitrogen and oxygen atoms in total. The first-order valence-electron chi connectivity index (χ1n) is 5.25. The molecule has 0 radical (unpaired) electrons. The van der Waals surface area contributed by atoms with Gasteiger partial charge in [0.05, 0.1) is 0 Å². The lowest BCUT2D eigenvalue weighted by Crippen LogP contribution is -2.24. The molecule has 0 spiro atoms. The first-order chi connectivity index (χ1) is 7.63. The standard InChI is InChI=1S/C12H15ClINO/c1-9-6-10(8-11(13)7-9)12(16)15-5-3-2-4-14/h6-8H,2-5H2,1H3,(H,15,16). The summed E-state index contributed by atoms with van der Waals surface area (Å²) in [6, 6.07) is 5.39. The van der Waals surface area contributed by atoms with Crippen LogP contribution in [-0.2, 0) is 0 Å². The summed E-state index contributed by atoms with van der Waals surface area (Å²) in [6.07, 6.45) is 2.16. The maximum atomic E-state index is 11.7. The van der Waals surface area contributed by atoms with Crippen LogP contribution in [0.2, 0.25) is 5.02 Å². The van der Waals surface area contributed by atoms with Gasteiger partial charge >= 0.3 is 0 Å². The lowest BCUT2D eigenvalue weighted by Gasteiger charge is -2.06. The summed E-state index contributed by atoms with van der Waals surface area (Å²) < 4.78 is 1.13. The van der Waals surface area contributed by atoms with Gasteiger partial charge in [0.1, 0.15) is 0 Å². The van der Waals surface area contributed by atoms with Crippen molar-refractivity contribution in [2.24, 2.45) is 0 Å². The van der Waals surface area contributed by atoms with Gasteiger partial charge in [-0.25, -0.2) is 0 Å². The summed E-state index contributed by atoms with van der Waals surface area (Å²) in [5, 5.41) is 3.50. The van der Waals surface area contributed by atoms with Gasteiger partial charge < -0.3 is 5.32 Å². The van der Waals surface area contributed by atoms with Gasteiger partial charge in [-0.3, -0.25) is 4.79 Å². The SMILES string of the molecule is Cc1cc(Cl)cc(C(=O)NCCCCI)c1. The van der Waals surface area contributed by atoms with Crippen LogP contribution in [0.25, 0.3) is 0 Å². The Balaban J connectivity index is 2.52. The Morgan fingerprint density at radius 3 is 2.75 bits per heavy atom. The van der Waals surface area contributed by atoms with E-state index < -0.39 is 0 Å². The Morgan fingerprint density at radius 2 is 2.12 bits per heavy atom. The first kappa shape index (κ1) is 13.8. The number of rotatable bonds is 5. The van der Waals surface area contributed by atoms with E-state index in [1.165, 1.54) is 0 Å². The first-order valence-corrected chi connectivity index (χ1v) is 7.15. The minimum absolute atomic E-state index is 0.0425. The van der Waals surface area contributed by atoms with Crippen LogP contribution in [0.1, 0.15) is 28.8 Å². The Morgan fingerprint density at radius 1 is 1.38 bits per heavy atom. The van der Waals surface area contributed by atoms with Crippen LogP contribution >= 0.6 is 34.2 Å². The highest BCUT2D eigenvalue weighted by atomic mass is 127. The number of carbonyl (C=O) groups excluding carboxylic acids is 1. The average molecular weight is 352 g/mol. The van der Waals surface area contributed by atoms with Crippen LogP contribution in [0, 0.1) is 6.92 Å². The molecule has 4 heteroatoms. The molecule has 0 aliphatic carbocycles. The van der Waals surface area contributed by atoms with Crippen molar-refractivity contribution in [3.05, 3.63) is 34.3 Å². The van der Waals surface area contributed by atoms with Crippen molar-refractivity contribution in [1.29, 1.82) is 0 Å². The minimum Gasteiger partial charge on any atom is -0.352 e. The van der Waals surface area contributed by atoms with Crippen molar-refractivity contribution in [3.8, 4) is 0 Å². The average Bonchev–Trinajstić information content (AvgIpc) is 2.22. The van der Waals surface area contributed by atoms with Gasteiger partial charge in [0.15, 0.2) is 0 Å².